The summed E-state index contributed by atoms with van der Waals surface area (Å²) in [6.45, 7) is 5.88. The number of carbonyl (C=O) groups excluding carboxylic acids is 1. The highest BCUT2D eigenvalue weighted by atomic mass is 35.5. The molecule has 2 saturated heterocycles. The number of likely N-dealkylation sites (tertiary alicyclic amines) is 1. The van der Waals surface area contributed by atoms with Gasteiger partial charge in [0.2, 0.25) is 11.8 Å². The maximum Gasteiger partial charge on any atom is 0.319 e. The molecular formula is C27H29ClF2N8O3. The smallest absolute Gasteiger partial charge is 0.319 e. The SMILES string of the molecule is C=CC(=O)N1CCN(c2nc(OC[C@]3(F)CCN(C)C3)nc3c(Oc4c(Cl)c(F)cc(N)c4C=N)nccc23)CC1. The third-order valence-corrected chi connectivity index (χ3v) is 7.50. The predicted molar refractivity (Wildman–Crippen MR) is 152 cm³/mol. The molecule has 216 valence electrons. The number of nitrogens with one attached hydrogen (secondary N) is 1. The number of carbonyl (C=O) groups is 1. The number of rotatable bonds is 8. The van der Waals surface area contributed by atoms with E-state index < -0.39 is 11.5 Å². The molecule has 14 heteroatoms. The largest absolute Gasteiger partial charge is 0.460 e. The van der Waals surface area contributed by atoms with Crippen molar-refractivity contribution in [1.29, 1.82) is 5.41 Å². The van der Waals surface area contributed by atoms with Crippen molar-refractivity contribution in [2.75, 3.05) is 63.6 Å². The number of aromatic nitrogens is 3. The van der Waals surface area contributed by atoms with E-state index in [1.807, 2.05) is 16.8 Å². The van der Waals surface area contributed by atoms with Crippen LogP contribution in [0.3, 0.4) is 0 Å². The molecule has 0 bridgehead atoms. The van der Waals surface area contributed by atoms with Gasteiger partial charge < -0.3 is 35.3 Å². The molecule has 0 unspecified atom stereocenters. The molecule has 3 N–H and O–H groups in total. The van der Waals surface area contributed by atoms with Gasteiger partial charge in [-0.25, -0.2) is 13.8 Å². The second kappa shape index (κ2) is 11.4. The molecule has 0 aliphatic carbocycles. The van der Waals surface area contributed by atoms with Gasteiger partial charge >= 0.3 is 6.01 Å². The number of hydrogen-bond donors (Lipinski definition) is 2. The van der Waals surface area contributed by atoms with Gasteiger partial charge in [0.1, 0.15) is 28.8 Å². The number of alkyl halides is 1. The summed E-state index contributed by atoms with van der Waals surface area (Å²) in [5, 5.41) is 7.89. The van der Waals surface area contributed by atoms with Crippen LogP contribution in [0.2, 0.25) is 5.02 Å². The van der Waals surface area contributed by atoms with Gasteiger partial charge in [-0.1, -0.05) is 18.2 Å². The van der Waals surface area contributed by atoms with E-state index in [4.69, 9.17) is 32.2 Å². The second-order valence-electron chi connectivity index (χ2n) is 10.0. The number of benzene rings is 1. The van der Waals surface area contributed by atoms with Crippen molar-refractivity contribution in [3.05, 3.63) is 47.4 Å². The van der Waals surface area contributed by atoms with E-state index in [2.05, 4.69) is 21.5 Å². The molecule has 1 aromatic carbocycles. The first-order valence-electron chi connectivity index (χ1n) is 12.9. The average molecular weight is 587 g/mol. The Morgan fingerprint density at radius 3 is 2.71 bits per heavy atom. The Kier molecular flexibility index (Phi) is 7.91. The third kappa shape index (κ3) is 5.72. The number of ether oxygens (including phenoxy) is 2. The third-order valence-electron chi connectivity index (χ3n) is 7.15. The van der Waals surface area contributed by atoms with E-state index in [1.165, 1.54) is 12.3 Å². The van der Waals surface area contributed by atoms with Gasteiger partial charge in [-0.2, -0.15) is 9.97 Å². The molecule has 4 heterocycles. The lowest BCUT2D eigenvalue weighted by atomic mass is 10.1. The fraction of sp³-hybridized carbons (Fsp3) is 0.370. The number of amides is 1. The monoisotopic (exact) mass is 586 g/mol. The van der Waals surface area contributed by atoms with Crippen LogP contribution >= 0.6 is 11.6 Å². The van der Waals surface area contributed by atoms with Crippen molar-refractivity contribution >= 4 is 46.1 Å². The standard InChI is InChI=1S/C27H29ClF2N8O3/c1-3-20(39)37-8-10-38(11-9-37)24-16-4-6-33-25(41-23-17(13-31)19(32)12-18(29)21(23)28)22(16)34-26(35-24)40-15-27(30)5-7-36(2)14-27/h3-4,6,12-13,31H,1,5,7-11,14-15,32H2,2H3/t27-/m0/s1. The Balaban J connectivity index is 1.56. The second-order valence-corrected chi connectivity index (χ2v) is 10.4. The minimum Gasteiger partial charge on any atom is -0.460 e. The molecule has 2 aromatic heterocycles. The Labute approximate surface area is 240 Å². The van der Waals surface area contributed by atoms with E-state index in [-0.39, 0.29) is 58.5 Å². The molecule has 2 aliphatic rings. The normalized spacial score (nSPS) is 19.4. The summed E-state index contributed by atoms with van der Waals surface area (Å²) >= 11 is 6.20. The summed E-state index contributed by atoms with van der Waals surface area (Å²) in [5.41, 5.74) is 4.55. The van der Waals surface area contributed by atoms with Gasteiger partial charge in [-0.05, 0) is 31.7 Å². The van der Waals surface area contributed by atoms with Gasteiger partial charge in [0, 0.05) is 57.4 Å². The van der Waals surface area contributed by atoms with Gasteiger partial charge in [0.15, 0.2) is 11.4 Å². The molecule has 0 radical (unpaired) electrons. The highest BCUT2D eigenvalue weighted by Gasteiger charge is 2.38. The number of pyridine rings is 1. The van der Waals surface area contributed by atoms with E-state index in [9.17, 15) is 9.18 Å². The fourth-order valence-corrected chi connectivity index (χ4v) is 5.16. The molecule has 2 fully saturated rings. The first kappa shape index (κ1) is 28.4. The first-order chi connectivity index (χ1) is 19.6. The number of fused-ring (bicyclic) bond motifs is 1. The Morgan fingerprint density at radius 1 is 1.29 bits per heavy atom. The molecule has 11 nitrogen and oxygen atoms in total. The van der Waals surface area contributed by atoms with Crippen LogP contribution < -0.4 is 20.1 Å². The van der Waals surface area contributed by atoms with Crippen molar-refractivity contribution < 1.29 is 23.0 Å². The lowest BCUT2D eigenvalue weighted by molar-refractivity contribution is -0.126. The van der Waals surface area contributed by atoms with Crippen molar-refractivity contribution in [2.24, 2.45) is 0 Å². The minimum absolute atomic E-state index is 0.0433. The summed E-state index contributed by atoms with van der Waals surface area (Å²) in [6, 6.07) is 2.59. The molecule has 3 aromatic rings. The summed E-state index contributed by atoms with van der Waals surface area (Å²) in [4.78, 5) is 31.0. The van der Waals surface area contributed by atoms with Crippen molar-refractivity contribution in [2.45, 2.75) is 12.1 Å². The van der Waals surface area contributed by atoms with Crippen molar-refractivity contribution in [3.63, 3.8) is 0 Å². The number of anilines is 2. The Hall–Kier alpha value is -4.10. The van der Waals surface area contributed by atoms with Crippen molar-refractivity contribution in [1.82, 2.24) is 24.8 Å². The molecule has 41 heavy (non-hydrogen) atoms. The van der Waals surface area contributed by atoms with E-state index >= 15 is 4.39 Å². The van der Waals surface area contributed by atoms with Gasteiger partial charge in [0.25, 0.3) is 0 Å². The summed E-state index contributed by atoms with van der Waals surface area (Å²) in [5.74, 6) is -0.788. The van der Waals surface area contributed by atoms with Crippen molar-refractivity contribution in [3.8, 4) is 17.6 Å². The first-order valence-corrected chi connectivity index (χ1v) is 13.3. The van der Waals surface area contributed by atoms with Gasteiger partial charge in [-0.3, -0.25) is 4.79 Å². The van der Waals surface area contributed by atoms with Crippen LogP contribution in [-0.4, -0.2) is 95.5 Å². The van der Waals surface area contributed by atoms with E-state index in [0.717, 1.165) is 12.3 Å². The molecule has 5 rings (SSSR count). The maximum absolute atomic E-state index is 15.3. The zero-order valence-corrected chi connectivity index (χ0v) is 23.1. The average Bonchev–Trinajstić information content (AvgIpc) is 3.32. The number of nitrogens with zero attached hydrogens (tertiary/aromatic N) is 6. The Bertz CT molecular complexity index is 1520. The highest BCUT2D eigenvalue weighted by molar-refractivity contribution is 6.33. The highest BCUT2D eigenvalue weighted by Crippen LogP contribution is 2.40. The number of nitrogens with two attached hydrogens (primary N) is 1. The van der Waals surface area contributed by atoms with Crippen LogP contribution in [0, 0.1) is 11.2 Å². The molecule has 1 atom stereocenters. The quantitative estimate of drug-likeness (QED) is 0.231. The number of hydrogen-bond acceptors (Lipinski definition) is 10. The Morgan fingerprint density at radius 2 is 2.05 bits per heavy atom. The molecular weight excluding hydrogens is 558 g/mol. The molecule has 2 aliphatic heterocycles. The topological polar surface area (TPSA) is 134 Å². The number of halogens is 3. The zero-order valence-electron chi connectivity index (χ0n) is 22.4. The maximum atomic E-state index is 15.3. The van der Waals surface area contributed by atoms with Gasteiger partial charge in [0.05, 0.1) is 10.9 Å². The van der Waals surface area contributed by atoms with Crippen LogP contribution in [0.25, 0.3) is 10.9 Å². The van der Waals surface area contributed by atoms with Crippen LogP contribution in [0.4, 0.5) is 20.3 Å². The predicted octanol–water partition coefficient (Wildman–Crippen LogP) is 3.45. The lowest BCUT2D eigenvalue weighted by Gasteiger charge is -2.35. The van der Waals surface area contributed by atoms with Crippen LogP contribution in [0.5, 0.6) is 17.6 Å². The molecule has 0 spiro atoms. The number of piperazine rings is 1. The van der Waals surface area contributed by atoms with Crippen LogP contribution in [0.15, 0.2) is 31.0 Å². The minimum atomic E-state index is -1.57. The fourth-order valence-electron chi connectivity index (χ4n) is 4.97. The molecule has 0 saturated carbocycles. The summed E-state index contributed by atoms with van der Waals surface area (Å²) in [6.07, 6.45) is 3.95. The van der Waals surface area contributed by atoms with E-state index in [0.29, 0.717) is 50.3 Å². The summed E-state index contributed by atoms with van der Waals surface area (Å²) in [7, 11) is 1.84. The van der Waals surface area contributed by atoms with E-state index in [1.54, 1.807) is 11.0 Å². The lowest BCUT2D eigenvalue weighted by Crippen LogP contribution is -2.48. The number of nitrogen functional groups attached to an aromatic ring is 1. The van der Waals surface area contributed by atoms with Gasteiger partial charge in [-0.15, -0.1) is 0 Å². The molecule has 1 amide bonds. The summed E-state index contributed by atoms with van der Waals surface area (Å²) < 4.78 is 41.6. The van der Waals surface area contributed by atoms with Crippen LogP contribution in [-0.2, 0) is 4.79 Å². The zero-order chi connectivity index (χ0) is 29.3. The van der Waals surface area contributed by atoms with Crippen LogP contribution in [0.1, 0.15) is 12.0 Å².